The van der Waals surface area contributed by atoms with Crippen molar-refractivity contribution >= 4 is 21.6 Å². The molecule has 1 N–H and O–H groups in total. The van der Waals surface area contributed by atoms with Gasteiger partial charge in [0.1, 0.15) is 11.9 Å². The molecule has 1 amide bonds. The fraction of sp³-hybridized carbons (Fsp3) is 0.353. The maximum absolute atomic E-state index is 12.5. The van der Waals surface area contributed by atoms with Gasteiger partial charge in [-0.25, -0.2) is 18.4 Å². The lowest BCUT2D eigenvalue weighted by Gasteiger charge is -2.21. The molecule has 1 fully saturated rings. The summed E-state index contributed by atoms with van der Waals surface area (Å²) in [6.07, 6.45) is 4.04. The van der Waals surface area contributed by atoms with Gasteiger partial charge in [-0.2, -0.15) is 4.31 Å². The summed E-state index contributed by atoms with van der Waals surface area (Å²) in [4.78, 5) is 21.0. The Balaban J connectivity index is 1.79. The van der Waals surface area contributed by atoms with Gasteiger partial charge in [-0.15, -0.1) is 0 Å². The molecule has 8 heteroatoms. The first kappa shape index (κ1) is 17.5. The molecule has 2 aromatic rings. The molecule has 0 saturated carbocycles. The third kappa shape index (κ3) is 4.02. The monoisotopic (exact) mass is 360 g/mol. The molecule has 7 nitrogen and oxygen atoms in total. The Morgan fingerprint density at radius 2 is 2.12 bits per heavy atom. The highest BCUT2D eigenvalue weighted by Gasteiger charge is 2.36. The van der Waals surface area contributed by atoms with Gasteiger partial charge in [-0.05, 0) is 38.0 Å². The van der Waals surface area contributed by atoms with Gasteiger partial charge in [-0.3, -0.25) is 4.79 Å². The van der Waals surface area contributed by atoms with Gasteiger partial charge in [-0.1, -0.05) is 12.1 Å². The minimum absolute atomic E-state index is 0.307. The summed E-state index contributed by atoms with van der Waals surface area (Å²) < 4.78 is 24.9. The van der Waals surface area contributed by atoms with Crippen molar-refractivity contribution in [2.24, 2.45) is 0 Å². The number of rotatable bonds is 4. The molecule has 0 unspecified atom stereocenters. The van der Waals surface area contributed by atoms with Crippen LogP contribution in [-0.4, -0.2) is 47.4 Å². The first-order valence-corrected chi connectivity index (χ1v) is 9.87. The van der Waals surface area contributed by atoms with Gasteiger partial charge in [0.15, 0.2) is 0 Å². The molecule has 3 rings (SSSR count). The number of aryl methyl sites for hydroxylation is 1. The molecule has 2 heterocycles. The van der Waals surface area contributed by atoms with Crippen LogP contribution in [0.4, 0.5) is 5.69 Å². The molecule has 25 heavy (non-hydrogen) atoms. The quantitative estimate of drug-likeness (QED) is 0.898. The molecule has 132 valence electrons. The van der Waals surface area contributed by atoms with E-state index in [1.807, 2.05) is 25.1 Å². The fourth-order valence-electron chi connectivity index (χ4n) is 3.00. The van der Waals surface area contributed by atoms with Crippen LogP contribution in [0.15, 0.2) is 36.5 Å². The summed E-state index contributed by atoms with van der Waals surface area (Å²) in [6.45, 7) is 2.20. The van der Waals surface area contributed by atoms with Crippen LogP contribution in [0.5, 0.6) is 0 Å². The van der Waals surface area contributed by atoms with Gasteiger partial charge in [0.25, 0.3) is 0 Å². The number of hydrogen-bond acceptors (Lipinski definition) is 5. The van der Waals surface area contributed by atoms with Crippen molar-refractivity contribution in [2.75, 3.05) is 18.1 Å². The number of nitrogens with zero attached hydrogens (tertiary/aromatic N) is 3. The van der Waals surface area contributed by atoms with Crippen molar-refractivity contribution in [3.8, 4) is 11.3 Å². The molecule has 1 aromatic carbocycles. The first-order valence-electron chi connectivity index (χ1n) is 8.02. The maximum Gasteiger partial charge on any atom is 0.242 e. The SMILES string of the molecule is Cc1nccc(-c2cccc(NC(=O)[C@H]3CCCN3S(C)(=O)=O)c2)n1. The Morgan fingerprint density at radius 3 is 2.84 bits per heavy atom. The van der Waals surface area contributed by atoms with E-state index in [4.69, 9.17) is 0 Å². The number of anilines is 1. The van der Waals surface area contributed by atoms with Gasteiger partial charge in [0.2, 0.25) is 15.9 Å². The van der Waals surface area contributed by atoms with Crippen LogP contribution < -0.4 is 5.32 Å². The molecular formula is C17H20N4O3S. The zero-order chi connectivity index (χ0) is 18.0. The summed E-state index contributed by atoms with van der Waals surface area (Å²) in [5.41, 5.74) is 2.23. The van der Waals surface area contributed by atoms with E-state index in [0.29, 0.717) is 30.9 Å². The molecular weight excluding hydrogens is 340 g/mol. The van der Waals surface area contributed by atoms with Crippen LogP contribution in [0.25, 0.3) is 11.3 Å². The van der Waals surface area contributed by atoms with Gasteiger partial charge >= 0.3 is 0 Å². The van der Waals surface area contributed by atoms with E-state index in [1.54, 1.807) is 18.3 Å². The van der Waals surface area contributed by atoms with E-state index in [0.717, 1.165) is 17.5 Å². The second-order valence-electron chi connectivity index (χ2n) is 6.09. The van der Waals surface area contributed by atoms with Gasteiger partial charge in [0, 0.05) is 24.0 Å². The highest BCUT2D eigenvalue weighted by atomic mass is 32.2. The van der Waals surface area contributed by atoms with Crippen molar-refractivity contribution in [3.05, 3.63) is 42.4 Å². The Kier molecular flexibility index (Phi) is 4.82. The minimum atomic E-state index is -3.39. The van der Waals surface area contributed by atoms with Crippen LogP contribution in [0.2, 0.25) is 0 Å². The summed E-state index contributed by atoms with van der Waals surface area (Å²) in [6, 6.07) is 8.46. The predicted octanol–water partition coefficient (Wildman–Crippen LogP) is 1.81. The van der Waals surface area contributed by atoms with Crippen LogP contribution in [0.1, 0.15) is 18.7 Å². The minimum Gasteiger partial charge on any atom is -0.325 e. The van der Waals surface area contributed by atoms with Gasteiger partial charge in [0.05, 0.1) is 11.9 Å². The Morgan fingerprint density at radius 1 is 1.32 bits per heavy atom. The molecule has 1 aliphatic heterocycles. The highest BCUT2D eigenvalue weighted by Crippen LogP contribution is 2.24. The second-order valence-corrected chi connectivity index (χ2v) is 8.03. The Labute approximate surface area is 147 Å². The lowest BCUT2D eigenvalue weighted by molar-refractivity contribution is -0.119. The third-order valence-electron chi connectivity index (χ3n) is 4.13. The summed E-state index contributed by atoms with van der Waals surface area (Å²) in [5, 5.41) is 2.82. The van der Waals surface area contributed by atoms with Crippen LogP contribution in [0.3, 0.4) is 0 Å². The number of hydrogen-bond donors (Lipinski definition) is 1. The smallest absolute Gasteiger partial charge is 0.242 e. The number of aromatic nitrogens is 2. The molecule has 1 saturated heterocycles. The molecule has 1 aromatic heterocycles. The highest BCUT2D eigenvalue weighted by molar-refractivity contribution is 7.88. The van der Waals surface area contributed by atoms with Crippen molar-refractivity contribution in [3.63, 3.8) is 0 Å². The molecule has 1 atom stereocenters. The van der Waals surface area contributed by atoms with Crippen molar-refractivity contribution in [2.45, 2.75) is 25.8 Å². The summed E-state index contributed by atoms with van der Waals surface area (Å²) in [7, 11) is -3.39. The lowest BCUT2D eigenvalue weighted by Crippen LogP contribution is -2.42. The molecule has 0 spiro atoms. The largest absolute Gasteiger partial charge is 0.325 e. The summed E-state index contributed by atoms with van der Waals surface area (Å²) in [5.74, 6) is 0.362. The average Bonchev–Trinajstić information content (AvgIpc) is 3.05. The standard InChI is InChI=1S/C17H20N4O3S/c1-12-18-9-8-15(19-12)13-5-3-6-14(11-13)20-17(22)16-7-4-10-21(16)25(2,23)24/h3,5-6,8-9,11,16H,4,7,10H2,1-2H3,(H,20,22)/t16-/m1/s1. The zero-order valence-electron chi connectivity index (χ0n) is 14.1. The van der Waals surface area contributed by atoms with Gasteiger partial charge < -0.3 is 5.32 Å². The van der Waals surface area contributed by atoms with E-state index < -0.39 is 16.1 Å². The van der Waals surface area contributed by atoms with E-state index >= 15 is 0 Å². The molecule has 1 aliphatic rings. The first-order chi connectivity index (χ1) is 11.8. The number of nitrogens with one attached hydrogen (secondary N) is 1. The van der Waals surface area contributed by atoms with Crippen LogP contribution in [0, 0.1) is 6.92 Å². The number of amides is 1. The van der Waals surface area contributed by atoms with E-state index in [1.165, 1.54) is 4.31 Å². The molecule has 0 aliphatic carbocycles. The number of carbonyl (C=O) groups excluding carboxylic acids is 1. The predicted molar refractivity (Wildman–Crippen MR) is 95.4 cm³/mol. The zero-order valence-corrected chi connectivity index (χ0v) is 15.0. The molecule has 0 bridgehead atoms. The van der Waals surface area contributed by atoms with Crippen LogP contribution in [-0.2, 0) is 14.8 Å². The van der Waals surface area contributed by atoms with Crippen molar-refractivity contribution in [1.82, 2.24) is 14.3 Å². The van der Waals surface area contributed by atoms with E-state index in [-0.39, 0.29) is 5.91 Å². The number of benzene rings is 1. The third-order valence-corrected chi connectivity index (χ3v) is 5.42. The maximum atomic E-state index is 12.5. The molecule has 0 radical (unpaired) electrons. The Hall–Kier alpha value is -2.32. The average molecular weight is 360 g/mol. The number of carbonyl (C=O) groups is 1. The lowest BCUT2D eigenvalue weighted by atomic mass is 10.1. The van der Waals surface area contributed by atoms with E-state index in [2.05, 4.69) is 15.3 Å². The van der Waals surface area contributed by atoms with Crippen molar-refractivity contribution in [1.29, 1.82) is 0 Å². The summed E-state index contributed by atoms with van der Waals surface area (Å²) >= 11 is 0. The second kappa shape index (κ2) is 6.89. The topological polar surface area (TPSA) is 92.3 Å². The van der Waals surface area contributed by atoms with Crippen LogP contribution >= 0.6 is 0 Å². The van der Waals surface area contributed by atoms with E-state index in [9.17, 15) is 13.2 Å². The number of sulfonamides is 1. The Bertz CT molecular complexity index is 898. The normalized spacial score (nSPS) is 18.2. The fourth-order valence-corrected chi connectivity index (χ4v) is 4.12. The van der Waals surface area contributed by atoms with Crippen molar-refractivity contribution < 1.29 is 13.2 Å².